The Labute approximate surface area is 130 Å². The van der Waals surface area contributed by atoms with Gasteiger partial charge >= 0.3 is 0 Å². The molecule has 0 N–H and O–H groups in total. The highest BCUT2D eigenvalue weighted by molar-refractivity contribution is 5.82. The molecule has 1 aromatic carbocycles. The molecule has 2 atom stereocenters. The molecular formula is C18H22N2O2. The van der Waals surface area contributed by atoms with Gasteiger partial charge in [-0.1, -0.05) is 18.2 Å². The first kappa shape index (κ1) is 13.8. The molecule has 4 rings (SSSR count). The Kier molecular flexibility index (Phi) is 3.41. The third-order valence-corrected chi connectivity index (χ3v) is 5.11. The van der Waals surface area contributed by atoms with Crippen LogP contribution in [0.1, 0.15) is 30.9 Å². The van der Waals surface area contributed by atoms with E-state index in [9.17, 15) is 4.79 Å². The first-order chi connectivity index (χ1) is 10.7. The molecule has 2 unspecified atom stereocenters. The summed E-state index contributed by atoms with van der Waals surface area (Å²) in [6.07, 6.45) is 2.75. The second-order valence-electron chi connectivity index (χ2n) is 6.46. The van der Waals surface area contributed by atoms with Crippen LogP contribution in [0.25, 0.3) is 10.9 Å². The quantitative estimate of drug-likeness (QED) is 0.854. The van der Waals surface area contributed by atoms with Crippen LogP contribution in [-0.2, 0) is 16.6 Å². The van der Waals surface area contributed by atoms with Crippen molar-refractivity contribution in [1.29, 1.82) is 0 Å². The maximum absolute atomic E-state index is 12.5. The van der Waals surface area contributed by atoms with E-state index >= 15 is 0 Å². The van der Waals surface area contributed by atoms with E-state index in [1.165, 1.54) is 16.6 Å². The molecule has 2 aliphatic heterocycles. The van der Waals surface area contributed by atoms with Crippen LogP contribution in [0.3, 0.4) is 0 Å². The summed E-state index contributed by atoms with van der Waals surface area (Å²) in [5, 5.41) is 1.28. The van der Waals surface area contributed by atoms with Crippen LogP contribution in [0.15, 0.2) is 30.3 Å². The highest BCUT2D eigenvalue weighted by Gasteiger charge is 2.34. The Morgan fingerprint density at radius 2 is 2.14 bits per heavy atom. The number of fused-ring (bicyclic) bond motifs is 1. The maximum Gasteiger partial charge on any atom is 0.251 e. The van der Waals surface area contributed by atoms with Gasteiger partial charge in [0, 0.05) is 43.9 Å². The molecule has 2 aliphatic rings. The zero-order valence-corrected chi connectivity index (χ0v) is 13.0. The minimum Gasteiger partial charge on any atom is -0.368 e. The van der Waals surface area contributed by atoms with E-state index in [0.717, 1.165) is 39.0 Å². The third-order valence-electron chi connectivity index (χ3n) is 5.11. The molecule has 0 spiro atoms. The number of benzene rings is 1. The molecule has 0 aliphatic carbocycles. The zero-order chi connectivity index (χ0) is 15.1. The number of rotatable bonds is 2. The number of likely N-dealkylation sites (tertiary alicyclic amines) is 1. The summed E-state index contributed by atoms with van der Waals surface area (Å²) in [4.78, 5) is 14.5. The normalized spacial score (nSPS) is 25.2. The van der Waals surface area contributed by atoms with Crippen LogP contribution in [0, 0.1) is 0 Å². The molecule has 1 amide bonds. The van der Waals surface area contributed by atoms with Crippen LogP contribution >= 0.6 is 0 Å². The number of carbonyl (C=O) groups excluding carboxylic acids is 1. The Balaban J connectivity index is 1.54. The van der Waals surface area contributed by atoms with Crippen molar-refractivity contribution in [3.63, 3.8) is 0 Å². The number of carbonyl (C=O) groups is 1. The zero-order valence-electron chi connectivity index (χ0n) is 13.0. The number of nitrogens with zero attached hydrogens (tertiary/aromatic N) is 2. The number of para-hydroxylation sites is 1. The Hall–Kier alpha value is -1.81. The van der Waals surface area contributed by atoms with E-state index in [4.69, 9.17) is 4.74 Å². The molecule has 2 fully saturated rings. The summed E-state index contributed by atoms with van der Waals surface area (Å²) in [5.74, 6) is 0.626. The minimum atomic E-state index is -0.189. The predicted octanol–water partition coefficient (Wildman–Crippen LogP) is 2.67. The van der Waals surface area contributed by atoms with Gasteiger partial charge in [-0.25, -0.2) is 0 Å². The molecule has 3 heterocycles. The SMILES string of the molecule is Cn1c(C2CCN(C(=O)C3CCCO3)C2)cc2ccccc21. The fraction of sp³-hybridized carbons (Fsp3) is 0.500. The molecular weight excluding hydrogens is 276 g/mol. The highest BCUT2D eigenvalue weighted by Crippen LogP contribution is 2.32. The third kappa shape index (κ3) is 2.22. The number of aromatic nitrogens is 1. The van der Waals surface area contributed by atoms with Gasteiger partial charge in [-0.3, -0.25) is 4.79 Å². The molecule has 2 saturated heterocycles. The number of amides is 1. The summed E-state index contributed by atoms with van der Waals surface area (Å²) in [5.41, 5.74) is 2.60. The summed E-state index contributed by atoms with van der Waals surface area (Å²) in [7, 11) is 2.13. The monoisotopic (exact) mass is 298 g/mol. The van der Waals surface area contributed by atoms with Gasteiger partial charge in [0.25, 0.3) is 5.91 Å². The summed E-state index contributed by atoms with van der Waals surface area (Å²) in [6.45, 7) is 2.41. The second kappa shape index (κ2) is 5.43. The number of aryl methyl sites for hydroxylation is 1. The molecule has 22 heavy (non-hydrogen) atoms. The van der Waals surface area contributed by atoms with Crippen LogP contribution in [-0.4, -0.2) is 41.2 Å². The summed E-state index contributed by atoms with van der Waals surface area (Å²) < 4.78 is 7.82. The summed E-state index contributed by atoms with van der Waals surface area (Å²) in [6, 6.07) is 10.7. The van der Waals surface area contributed by atoms with E-state index < -0.39 is 0 Å². The van der Waals surface area contributed by atoms with Crippen LogP contribution in [0.2, 0.25) is 0 Å². The average molecular weight is 298 g/mol. The predicted molar refractivity (Wildman–Crippen MR) is 85.8 cm³/mol. The maximum atomic E-state index is 12.5. The first-order valence-corrected chi connectivity index (χ1v) is 8.19. The number of ether oxygens (including phenoxy) is 1. The van der Waals surface area contributed by atoms with Gasteiger partial charge in [-0.05, 0) is 36.8 Å². The largest absolute Gasteiger partial charge is 0.368 e. The van der Waals surface area contributed by atoms with Gasteiger partial charge in [0.1, 0.15) is 6.10 Å². The lowest BCUT2D eigenvalue weighted by Crippen LogP contribution is -2.37. The molecule has 1 aromatic heterocycles. The minimum absolute atomic E-state index is 0.189. The number of hydrogen-bond donors (Lipinski definition) is 0. The van der Waals surface area contributed by atoms with Crippen molar-refractivity contribution < 1.29 is 9.53 Å². The van der Waals surface area contributed by atoms with Gasteiger partial charge in [-0.15, -0.1) is 0 Å². The van der Waals surface area contributed by atoms with E-state index in [1.807, 2.05) is 4.90 Å². The molecule has 0 radical (unpaired) electrons. The standard InChI is InChI=1S/C18H22N2O2/c1-19-15-6-3-2-5-13(15)11-16(19)14-8-9-20(12-14)18(21)17-7-4-10-22-17/h2-3,5-6,11,14,17H,4,7-10,12H2,1H3. The van der Waals surface area contributed by atoms with Crippen molar-refractivity contribution in [3.8, 4) is 0 Å². The van der Waals surface area contributed by atoms with Gasteiger partial charge in [0.15, 0.2) is 0 Å². The van der Waals surface area contributed by atoms with E-state index in [0.29, 0.717) is 5.92 Å². The fourth-order valence-electron chi connectivity index (χ4n) is 3.88. The molecule has 0 saturated carbocycles. The molecule has 0 bridgehead atoms. The molecule has 4 heteroatoms. The van der Waals surface area contributed by atoms with E-state index in [1.54, 1.807) is 0 Å². The van der Waals surface area contributed by atoms with Gasteiger partial charge in [0.05, 0.1) is 0 Å². The Bertz CT molecular complexity index is 700. The van der Waals surface area contributed by atoms with E-state index in [-0.39, 0.29) is 12.0 Å². The highest BCUT2D eigenvalue weighted by atomic mass is 16.5. The second-order valence-corrected chi connectivity index (χ2v) is 6.46. The van der Waals surface area contributed by atoms with Crippen molar-refractivity contribution in [2.75, 3.05) is 19.7 Å². The lowest BCUT2D eigenvalue weighted by molar-refractivity contribution is -0.139. The summed E-state index contributed by atoms with van der Waals surface area (Å²) >= 11 is 0. The van der Waals surface area contributed by atoms with Crippen molar-refractivity contribution in [2.24, 2.45) is 7.05 Å². The van der Waals surface area contributed by atoms with Crippen LogP contribution in [0.5, 0.6) is 0 Å². The van der Waals surface area contributed by atoms with E-state index in [2.05, 4.69) is 41.9 Å². The van der Waals surface area contributed by atoms with Crippen molar-refractivity contribution in [3.05, 3.63) is 36.0 Å². The van der Waals surface area contributed by atoms with Gasteiger partial charge in [-0.2, -0.15) is 0 Å². The average Bonchev–Trinajstić information content (AvgIpc) is 3.27. The first-order valence-electron chi connectivity index (χ1n) is 8.19. The fourth-order valence-corrected chi connectivity index (χ4v) is 3.88. The van der Waals surface area contributed by atoms with Crippen molar-refractivity contribution in [2.45, 2.75) is 31.3 Å². The Morgan fingerprint density at radius 3 is 2.91 bits per heavy atom. The van der Waals surface area contributed by atoms with Crippen molar-refractivity contribution in [1.82, 2.24) is 9.47 Å². The van der Waals surface area contributed by atoms with Gasteiger partial charge < -0.3 is 14.2 Å². The Morgan fingerprint density at radius 1 is 1.27 bits per heavy atom. The molecule has 2 aromatic rings. The number of hydrogen-bond acceptors (Lipinski definition) is 2. The lowest BCUT2D eigenvalue weighted by atomic mass is 10.0. The lowest BCUT2D eigenvalue weighted by Gasteiger charge is -2.20. The van der Waals surface area contributed by atoms with Gasteiger partial charge in [0.2, 0.25) is 0 Å². The molecule has 116 valence electrons. The topological polar surface area (TPSA) is 34.5 Å². The van der Waals surface area contributed by atoms with Crippen molar-refractivity contribution >= 4 is 16.8 Å². The smallest absolute Gasteiger partial charge is 0.251 e. The van der Waals surface area contributed by atoms with Crippen LogP contribution in [0.4, 0.5) is 0 Å². The molecule has 4 nitrogen and oxygen atoms in total. The van der Waals surface area contributed by atoms with Crippen LogP contribution < -0.4 is 0 Å².